The van der Waals surface area contributed by atoms with Crippen LogP contribution in [0.1, 0.15) is 19.8 Å². The molecule has 2 atom stereocenters. The highest BCUT2D eigenvalue weighted by atomic mass is 16.5. The third kappa shape index (κ3) is 6.10. The van der Waals surface area contributed by atoms with Gasteiger partial charge in [0.1, 0.15) is 0 Å². The molecule has 0 saturated carbocycles. The van der Waals surface area contributed by atoms with E-state index < -0.39 is 0 Å². The van der Waals surface area contributed by atoms with E-state index in [1.165, 1.54) is 12.8 Å². The second-order valence-electron chi connectivity index (χ2n) is 3.97. The van der Waals surface area contributed by atoms with Gasteiger partial charge in [-0.05, 0) is 19.8 Å². The number of rotatable bonds is 8. The molecule has 0 radical (unpaired) electrons. The Morgan fingerprint density at radius 2 is 2.33 bits per heavy atom. The lowest BCUT2D eigenvalue weighted by Gasteiger charge is -2.15. The van der Waals surface area contributed by atoms with Crippen LogP contribution in [0.2, 0.25) is 0 Å². The van der Waals surface area contributed by atoms with Crippen LogP contribution in [0.3, 0.4) is 0 Å². The summed E-state index contributed by atoms with van der Waals surface area (Å²) in [4.78, 5) is 0. The van der Waals surface area contributed by atoms with E-state index in [1.54, 1.807) is 7.11 Å². The zero-order valence-corrected chi connectivity index (χ0v) is 9.83. The molecule has 0 bridgehead atoms. The van der Waals surface area contributed by atoms with E-state index in [9.17, 15) is 0 Å². The first-order valence-electron chi connectivity index (χ1n) is 5.75. The summed E-state index contributed by atoms with van der Waals surface area (Å²) in [6.07, 6.45) is 3.04. The summed E-state index contributed by atoms with van der Waals surface area (Å²) in [6, 6.07) is 0. The fraction of sp³-hybridized carbons (Fsp3) is 1.00. The molecule has 1 rings (SSSR count). The van der Waals surface area contributed by atoms with E-state index in [0.717, 1.165) is 19.7 Å². The lowest BCUT2D eigenvalue weighted by atomic mass is 10.2. The topological polar surface area (TPSA) is 39.7 Å². The molecule has 1 N–H and O–H groups in total. The summed E-state index contributed by atoms with van der Waals surface area (Å²) in [5.41, 5.74) is 0. The van der Waals surface area contributed by atoms with Crippen LogP contribution in [0, 0.1) is 0 Å². The number of hydrogen-bond donors (Lipinski definition) is 1. The smallest absolute Gasteiger partial charge is 0.0704 e. The molecule has 15 heavy (non-hydrogen) atoms. The normalized spacial score (nSPS) is 23.2. The molecule has 1 fully saturated rings. The third-order valence-electron chi connectivity index (χ3n) is 2.52. The van der Waals surface area contributed by atoms with Crippen molar-refractivity contribution in [2.75, 3.05) is 40.0 Å². The number of nitrogens with one attached hydrogen (secondary N) is 1. The summed E-state index contributed by atoms with van der Waals surface area (Å²) in [5.74, 6) is 0. The maximum atomic E-state index is 5.52. The van der Waals surface area contributed by atoms with Crippen LogP contribution in [0.5, 0.6) is 0 Å². The molecule has 0 aromatic carbocycles. The van der Waals surface area contributed by atoms with E-state index in [2.05, 4.69) is 12.2 Å². The van der Waals surface area contributed by atoms with Crippen molar-refractivity contribution >= 4 is 0 Å². The van der Waals surface area contributed by atoms with Gasteiger partial charge in [0, 0.05) is 26.8 Å². The van der Waals surface area contributed by atoms with Gasteiger partial charge in [-0.25, -0.2) is 0 Å². The van der Waals surface area contributed by atoms with Gasteiger partial charge in [-0.2, -0.15) is 0 Å². The number of ether oxygens (including phenoxy) is 3. The number of methoxy groups -OCH3 is 1. The maximum absolute atomic E-state index is 5.52. The average Bonchev–Trinajstić information content (AvgIpc) is 2.71. The van der Waals surface area contributed by atoms with Gasteiger partial charge in [-0.3, -0.25) is 0 Å². The molecule has 0 spiro atoms. The molecule has 4 heteroatoms. The first kappa shape index (κ1) is 12.9. The van der Waals surface area contributed by atoms with Crippen LogP contribution < -0.4 is 5.32 Å². The van der Waals surface area contributed by atoms with E-state index in [0.29, 0.717) is 19.3 Å². The Morgan fingerprint density at radius 3 is 3.00 bits per heavy atom. The third-order valence-corrected chi connectivity index (χ3v) is 2.52. The molecule has 1 aliphatic rings. The van der Waals surface area contributed by atoms with Crippen LogP contribution in [-0.4, -0.2) is 52.2 Å². The highest BCUT2D eigenvalue weighted by molar-refractivity contribution is 4.68. The van der Waals surface area contributed by atoms with E-state index in [-0.39, 0.29) is 6.10 Å². The van der Waals surface area contributed by atoms with Crippen molar-refractivity contribution in [1.29, 1.82) is 0 Å². The minimum atomic E-state index is 0.238. The van der Waals surface area contributed by atoms with Crippen molar-refractivity contribution in [1.82, 2.24) is 5.32 Å². The second-order valence-corrected chi connectivity index (χ2v) is 3.97. The van der Waals surface area contributed by atoms with Gasteiger partial charge in [0.2, 0.25) is 0 Å². The largest absolute Gasteiger partial charge is 0.382 e. The predicted molar refractivity (Wildman–Crippen MR) is 59.1 cm³/mol. The molecule has 2 unspecified atom stereocenters. The van der Waals surface area contributed by atoms with E-state index in [1.807, 2.05) is 0 Å². The zero-order valence-electron chi connectivity index (χ0n) is 9.83. The number of hydrogen-bond acceptors (Lipinski definition) is 4. The lowest BCUT2D eigenvalue weighted by Crippen LogP contribution is -2.33. The summed E-state index contributed by atoms with van der Waals surface area (Å²) >= 11 is 0. The Labute approximate surface area is 92.3 Å². The zero-order chi connectivity index (χ0) is 10.9. The quantitative estimate of drug-likeness (QED) is 0.611. The van der Waals surface area contributed by atoms with E-state index in [4.69, 9.17) is 14.2 Å². The Morgan fingerprint density at radius 1 is 1.47 bits per heavy atom. The van der Waals surface area contributed by atoms with Crippen LogP contribution >= 0.6 is 0 Å². The van der Waals surface area contributed by atoms with Gasteiger partial charge in [0.05, 0.1) is 25.4 Å². The summed E-state index contributed by atoms with van der Waals surface area (Å²) in [5, 5.41) is 3.36. The summed E-state index contributed by atoms with van der Waals surface area (Å²) in [6.45, 7) is 6.14. The van der Waals surface area contributed by atoms with Gasteiger partial charge in [-0.15, -0.1) is 0 Å². The van der Waals surface area contributed by atoms with Crippen LogP contribution in [-0.2, 0) is 14.2 Å². The Hall–Kier alpha value is -0.160. The fourth-order valence-corrected chi connectivity index (χ4v) is 1.64. The first-order chi connectivity index (χ1) is 7.33. The maximum Gasteiger partial charge on any atom is 0.0704 e. The standard InChI is InChI=1S/C11H23NO3/c1-10(14-7-6-13-2)8-12-9-11-4-3-5-15-11/h10-12H,3-9H2,1-2H3. The molecule has 4 nitrogen and oxygen atoms in total. The average molecular weight is 217 g/mol. The minimum absolute atomic E-state index is 0.238. The van der Waals surface area contributed by atoms with Crippen molar-refractivity contribution in [3.8, 4) is 0 Å². The van der Waals surface area contributed by atoms with Crippen molar-refractivity contribution in [2.45, 2.75) is 32.0 Å². The van der Waals surface area contributed by atoms with Crippen molar-refractivity contribution in [3.05, 3.63) is 0 Å². The minimum Gasteiger partial charge on any atom is -0.382 e. The van der Waals surface area contributed by atoms with Gasteiger partial charge in [0.15, 0.2) is 0 Å². The molecule has 1 heterocycles. The Kier molecular flexibility index (Phi) is 6.92. The van der Waals surface area contributed by atoms with Crippen LogP contribution in [0.4, 0.5) is 0 Å². The highest BCUT2D eigenvalue weighted by Gasteiger charge is 2.14. The van der Waals surface area contributed by atoms with Gasteiger partial charge < -0.3 is 19.5 Å². The van der Waals surface area contributed by atoms with Crippen molar-refractivity contribution in [3.63, 3.8) is 0 Å². The molecular weight excluding hydrogens is 194 g/mol. The monoisotopic (exact) mass is 217 g/mol. The van der Waals surface area contributed by atoms with Crippen molar-refractivity contribution in [2.24, 2.45) is 0 Å². The molecule has 1 aliphatic heterocycles. The van der Waals surface area contributed by atoms with Gasteiger partial charge >= 0.3 is 0 Å². The van der Waals surface area contributed by atoms with Crippen LogP contribution in [0.15, 0.2) is 0 Å². The lowest BCUT2D eigenvalue weighted by molar-refractivity contribution is 0.0246. The Balaban J connectivity index is 1.89. The van der Waals surface area contributed by atoms with Gasteiger partial charge in [-0.1, -0.05) is 0 Å². The first-order valence-corrected chi connectivity index (χ1v) is 5.75. The predicted octanol–water partition coefficient (Wildman–Crippen LogP) is 0.806. The molecule has 0 aromatic rings. The molecule has 0 aliphatic carbocycles. The van der Waals surface area contributed by atoms with Gasteiger partial charge in [0.25, 0.3) is 0 Å². The molecule has 90 valence electrons. The van der Waals surface area contributed by atoms with Crippen molar-refractivity contribution < 1.29 is 14.2 Å². The Bertz CT molecular complexity index is 149. The van der Waals surface area contributed by atoms with Crippen LogP contribution in [0.25, 0.3) is 0 Å². The second kappa shape index (κ2) is 8.05. The van der Waals surface area contributed by atoms with E-state index >= 15 is 0 Å². The summed E-state index contributed by atoms with van der Waals surface area (Å²) < 4.78 is 15.9. The molecule has 0 aromatic heterocycles. The highest BCUT2D eigenvalue weighted by Crippen LogP contribution is 2.10. The summed E-state index contributed by atoms with van der Waals surface area (Å²) in [7, 11) is 1.68. The molecule has 1 saturated heterocycles. The fourth-order valence-electron chi connectivity index (χ4n) is 1.64. The molecule has 0 amide bonds. The SMILES string of the molecule is COCCOC(C)CNCC1CCCO1. The molecular formula is C11H23NO3.